The van der Waals surface area contributed by atoms with Gasteiger partial charge in [0.2, 0.25) is 0 Å². The number of sulfonamides is 1. The van der Waals surface area contributed by atoms with Gasteiger partial charge in [0.1, 0.15) is 18.5 Å². The van der Waals surface area contributed by atoms with Crippen molar-refractivity contribution in [2.75, 3.05) is 17.5 Å². The summed E-state index contributed by atoms with van der Waals surface area (Å²) in [6, 6.07) is 19.8. The van der Waals surface area contributed by atoms with Crippen LogP contribution in [0.1, 0.15) is 0 Å². The van der Waals surface area contributed by atoms with E-state index in [2.05, 4.69) is 0 Å². The molecule has 1 N–H and O–H groups in total. The van der Waals surface area contributed by atoms with Crippen LogP contribution in [-0.2, 0) is 10.0 Å². The van der Waals surface area contributed by atoms with E-state index < -0.39 is 16.1 Å². The van der Waals surface area contributed by atoms with Crippen LogP contribution >= 0.6 is 0 Å². The van der Waals surface area contributed by atoms with Gasteiger partial charge in [-0.05, 0) is 29.7 Å². The second kappa shape index (κ2) is 6.06. The topological polar surface area (TPSA) is 66.8 Å². The molecule has 0 aliphatic carbocycles. The zero-order valence-electron chi connectivity index (χ0n) is 13.4. The Labute approximate surface area is 146 Å². The van der Waals surface area contributed by atoms with Crippen molar-refractivity contribution in [1.29, 1.82) is 0 Å². The Kier molecular flexibility index (Phi) is 3.86. The van der Waals surface area contributed by atoms with E-state index in [-0.39, 0.29) is 18.0 Å². The van der Waals surface area contributed by atoms with Gasteiger partial charge in [-0.3, -0.25) is 4.31 Å². The fourth-order valence-corrected chi connectivity index (χ4v) is 4.86. The van der Waals surface area contributed by atoms with Gasteiger partial charge in [-0.25, -0.2) is 8.42 Å². The number of ether oxygens (including phenoxy) is 1. The molecule has 5 nitrogen and oxygen atoms in total. The maximum Gasteiger partial charge on any atom is 0.265 e. The average Bonchev–Trinajstić information content (AvgIpc) is 2.84. The molecule has 25 heavy (non-hydrogen) atoms. The number of anilines is 1. The molecular weight excluding hydrogens is 338 g/mol. The summed E-state index contributed by atoms with van der Waals surface area (Å²) >= 11 is 0. The van der Waals surface area contributed by atoms with Crippen LogP contribution in [0.4, 0.5) is 5.69 Å². The van der Waals surface area contributed by atoms with Crippen LogP contribution in [0, 0.1) is 0 Å². The second-order valence-electron chi connectivity index (χ2n) is 5.95. The van der Waals surface area contributed by atoms with Crippen LogP contribution in [-0.4, -0.2) is 32.8 Å². The molecule has 1 heterocycles. The maximum absolute atomic E-state index is 12.8. The lowest BCUT2D eigenvalue weighted by molar-refractivity contribution is 0.115. The fourth-order valence-electron chi connectivity index (χ4n) is 3.11. The van der Waals surface area contributed by atoms with E-state index in [4.69, 9.17) is 4.74 Å². The van der Waals surface area contributed by atoms with E-state index >= 15 is 0 Å². The molecule has 0 fully saturated rings. The summed E-state index contributed by atoms with van der Waals surface area (Å²) in [5.41, 5.74) is 0.604. The largest absolute Gasteiger partial charge is 0.491 e. The summed E-state index contributed by atoms with van der Waals surface area (Å²) < 4.78 is 32.5. The summed E-state index contributed by atoms with van der Waals surface area (Å²) in [6.45, 7) is -0.0364. The van der Waals surface area contributed by atoms with Crippen LogP contribution in [0.2, 0.25) is 0 Å². The fraction of sp³-hybridized carbons (Fsp3) is 0.158. The molecule has 0 saturated heterocycles. The van der Waals surface area contributed by atoms with Gasteiger partial charge >= 0.3 is 0 Å². The highest BCUT2D eigenvalue weighted by Crippen LogP contribution is 2.41. The van der Waals surface area contributed by atoms with Gasteiger partial charge in [-0.15, -0.1) is 0 Å². The van der Waals surface area contributed by atoms with E-state index in [1.54, 1.807) is 30.3 Å². The first-order valence-electron chi connectivity index (χ1n) is 7.98. The van der Waals surface area contributed by atoms with Crippen LogP contribution in [0.5, 0.6) is 5.75 Å². The number of hydrogen-bond acceptors (Lipinski definition) is 4. The van der Waals surface area contributed by atoms with Crippen molar-refractivity contribution in [2.45, 2.75) is 11.0 Å². The van der Waals surface area contributed by atoms with E-state index in [9.17, 15) is 13.5 Å². The highest BCUT2D eigenvalue weighted by molar-refractivity contribution is 7.93. The molecule has 1 aliphatic heterocycles. The highest BCUT2D eigenvalue weighted by Gasteiger charge is 2.36. The lowest BCUT2D eigenvalue weighted by atomic mass is 10.1. The van der Waals surface area contributed by atoms with Crippen molar-refractivity contribution >= 4 is 26.5 Å². The number of benzene rings is 3. The Hall–Kier alpha value is -2.57. The number of para-hydroxylation sites is 1. The predicted molar refractivity (Wildman–Crippen MR) is 96.4 cm³/mol. The molecule has 3 aromatic rings. The summed E-state index contributed by atoms with van der Waals surface area (Å²) in [7, 11) is -3.66. The highest BCUT2D eigenvalue weighted by atomic mass is 32.2. The van der Waals surface area contributed by atoms with Crippen molar-refractivity contribution in [3.63, 3.8) is 0 Å². The lowest BCUT2D eigenvalue weighted by Crippen LogP contribution is -2.37. The zero-order chi connectivity index (χ0) is 17.4. The summed E-state index contributed by atoms with van der Waals surface area (Å²) in [4.78, 5) is 0.289. The molecule has 0 spiro atoms. The van der Waals surface area contributed by atoms with Crippen molar-refractivity contribution in [3.05, 3.63) is 66.7 Å². The number of aliphatic hydroxyl groups excluding tert-OH is 1. The number of hydrogen-bond donors (Lipinski definition) is 1. The molecule has 4 rings (SSSR count). The Morgan fingerprint density at radius 2 is 1.68 bits per heavy atom. The molecule has 0 saturated carbocycles. The third kappa shape index (κ3) is 2.73. The zero-order valence-corrected chi connectivity index (χ0v) is 14.2. The van der Waals surface area contributed by atoms with E-state index in [1.165, 1.54) is 4.31 Å². The molecule has 6 heteroatoms. The minimum atomic E-state index is -3.66. The predicted octanol–water partition coefficient (Wildman–Crippen LogP) is 2.79. The Morgan fingerprint density at radius 3 is 2.44 bits per heavy atom. The first-order chi connectivity index (χ1) is 12.1. The number of rotatable bonds is 5. The minimum absolute atomic E-state index is 0.0162. The summed E-state index contributed by atoms with van der Waals surface area (Å²) in [5, 5.41) is 11.9. The number of β-amino-alcohol motifs (C(OH)–C–C–N with tert-alkyl or cyclic N) is 1. The van der Waals surface area contributed by atoms with Crippen LogP contribution in [0.25, 0.3) is 10.8 Å². The normalized spacial score (nSPS) is 16.1. The Bertz CT molecular complexity index is 1010. The average molecular weight is 355 g/mol. The molecular formula is C19H17NO4S. The Balaban J connectivity index is 1.58. The maximum atomic E-state index is 12.8. The smallest absolute Gasteiger partial charge is 0.265 e. The molecule has 1 atom stereocenters. The van der Waals surface area contributed by atoms with Gasteiger partial charge in [-0.2, -0.15) is 0 Å². The monoisotopic (exact) mass is 355 g/mol. The molecule has 0 unspecified atom stereocenters. The van der Waals surface area contributed by atoms with Gasteiger partial charge in [0.25, 0.3) is 10.0 Å². The van der Waals surface area contributed by atoms with E-state index in [0.717, 1.165) is 5.39 Å². The quantitative estimate of drug-likeness (QED) is 0.764. The molecule has 3 aromatic carbocycles. The van der Waals surface area contributed by atoms with Crippen molar-refractivity contribution in [3.8, 4) is 5.75 Å². The first-order valence-corrected chi connectivity index (χ1v) is 9.42. The van der Waals surface area contributed by atoms with Crippen molar-refractivity contribution < 1.29 is 18.3 Å². The van der Waals surface area contributed by atoms with Crippen molar-refractivity contribution in [1.82, 2.24) is 0 Å². The van der Waals surface area contributed by atoms with E-state index in [0.29, 0.717) is 16.8 Å². The minimum Gasteiger partial charge on any atom is -0.491 e. The van der Waals surface area contributed by atoms with Gasteiger partial charge < -0.3 is 9.84 Å². The lowest BCUT2D eigenvalue weighted by Gasteiger charge is -2.22. The van der Waals surface area contributed by atoms with Crippen LogP contribution in [0.3, 0.4) is 0 Å². The Morgan fingerprint density at radius 1 is 0.960 bits per heavy atom. The summed E-state index contributed by atoms with van der Waals surface area (Å²) in [5.74, 6) is 0.635. The van der Waals surface area contributed by atoms with Gasteiger partial charge in [0, 0.05) is 5.39 Å². The van der Waals surface area contributed by atoms with Gasteiger partial charge in [0.15, 0.2) is 0 Å². The third-order valence-electron chi connectivity index (χ3n) is 4.24. The third-order valence-corrected chi connectivity index (χ3v) is 6.07. The standard InChI is InChI=1S/C19H17NO4S/c21-15(13-24-16-8-2-1-3-9-16)12-20-17-10-4-6-14-7-5-11-18(19(14)17)25(20,22)23/h1-11,15,21H,12-13H2/t15-/m1/s1. The van der Waals surface area contributed by atoms with Gasteiger partial charge in [-0.1, -0.05) is 42.5 Å². The van der Waals surface area contributed by atoms with Gasteiger partial charge in [0.05, 0.1) is 17.1 Å². The molecule has 128 valence electrons. The summed E-state index contributed by atoms with van der Waals surface area (Å²) in [6.07, 6.45) is -0.945. The molecule has 0 amide bonds. The number of aliphatic hydroxyl groups is 1. The molecule has 0 aromatic heterocycles. The van der Waals surface area contributed by atoms with E-state index in [1.807, 2.05) is 36.4 Å². The molecule has 0 bridgehead atoms. The van der Waals surface area contributed by atoms with Crippen LogP contribution in [0.15, 0.2) is 71.6 Å². The molecule has 1 aliphatic rings. The number of nitrogens with zero attached hydrogens (tertiary/aromatic N) is 1. The SMILES string of the molecule is O=S1(=O)c2cccc3cccc(c23)N1C[C@@H](O)COc1ccccc1. The first kappa shape index (κ1) is 15.9. The second-order valence-corrected chi connectivity index (χ2v) is 7.78. The van der Waals surface area contributed by atoms with Crippen molar-refractivity contribution in [2.24, 2.45) is 0 Å². The molecule has 0 radical (unpaired) electrons. The van der Waals surface area contributed by atoms with Crippen LogP contribution < -0.4 is 9.04 Å².